The van der Waals surface area contributed by atoms with Gasteiger partial charge in [-0.1, -0.05) is 36.1 Å². The average Bonchev–Trinajstić information content (AvgIpc) is 2.74. The van der Waals surface area contributed by atoms with E-state index in [0.29, 0.717) is 0 Å². The zero-order chi connectivity index (χ0) is 10.1. The van der Waals surface area contributed by atoms with Crippen LogP contribution >= 0.6 is 0 Å². The van der Waals surface area contributed by atoms with E-state index in [1.54, 1.807) is 12.4 Å². The van der Waals surface area contributed by atoms with Crippen molar-refractivity contribution >= 4 is 11.3 Å². The Bertz CT molecular complexity index is 650. The number of aromatic nitrogens is 2. The second kappa shape index (κ2) is 3.19. The Morgan fingerprint density at radius 1 is 0.933 bits per heavy atom. The highest BCUT2D eigenvalue weighted by molar-refractivity contribution is 5.77. The molecule has 70 valence electrons. The van der Waals surface area contributed by atoms with Crippen LogP contribution in [0.2, 0.25) is 0 Å². The number of hydrogen-bond acceptors (Lipinski definition) is 2. The van der Waals surface area contributed by atoms with Crippen molar-refractivity contribution in [2.75, 3.05) is 0 Å². The number of benzene rings is 1. The van der Waals surface area contributed by atoms with E-state index in [1.807, 2.05) is 24.3 Å². The van der Waals surface area contributed by atoms with Gasteiger partial charge < -0.3 is 0 Å². The van der Waals surface area contributed by atoms with Gasteiger partial charge in [0, 0.05) is 18.0 Å². The van der Waals surface area contributed by atoms with Crippen LogP contribution in [-0.2, 0) is 0 Å². The second-order valence-electron chi connectivity index (χ2n) is 3.32. The summed E-state index contributed by atoms with van der Waals surface area (Å²) in [6, 6.07) is 10.2. The van der Waals surface area contributed by atoms with Crippen molar-refractivity contribution in [1.29, 1.82) is 0 Å². The molecule has 1 aliphatic rings. The summed E-state index contributed by atoms with van der Waals surface area (Å²) in [5, 5.41) is 1.75. The van der Waals surface area contributed by atoms with E-state index >= 15 is 0 Å². The van der Waals surface area contributed by atoms with Crippen LogP contribution in [0.3, 0.4) is 0 Å². The van der Waals surface area contributed by atoms with Gasteiger partial charge in [-0.3, -0.25) is 4.98 Å². The monoisotopic (exact) mass is 192 g/mol. The van der Waals surface area contributed by atoms with Crippen molar-refractivity contribution < 1.29 is 0 Å². The minimum atomic E-state index is 0.830. The molecule has 0 fully saturated rings. The van der Waals surface area contributed by atoms with Gasteiger partial charge in [0.1, 0.15) is 10.7 Å². The molecule has 2 nitrogen and oxygen atoms in total. The zero-order valence-electron chi connectivity index (χ0n) is 8.01. The molecule has 0 saturated heterocycles. The van der Waals surface area contributed by atoms with Crippen LogP contribution in [0, 0.1) is 0 Å². The molecule has 0 amide bonds. The Morgan fingerprint density at radius 3 is 2.60 bits per heavy atom. The molecule has 1 aromatic heterocycles. The van der Waals surface area contributed by atoms with E-state index in [0.717, 1.165) is 21.8 Å². The lowest BCUT2D eigenvalue weighted by Gasteiger charge is -1.97. The number of fused-ring (bicyclic) bond motifs is 1. The first-order valence-electron chi connectivity index (χ1n) is 4.78. The van der Waals surface area contributed by atoms with Gasteiger partial charge in [0.05, 0.1) is 0 Å². The summed E-state index contributed by atoms with van der Waals surface area (Å²) < 4.78 is 0. The van der Waals surface area contributed by atoms with Gasteiger partial charge in [-0.2, -0.15) is 0 Å². The van der Waals surface area contributed by atoms with E-state index in [4.69, 9.17) is 0 Å². The topological polar surface area (TPSA) is 25.8 Å². The molecule has 0 aliphatic heterocycles. The average molecular weight is 192 g/mol. The minimum Gasteiger partial charge on any atom is -0.252 e. The van der Waals surface area contributed by atoms with Gasteiger partial charge in [0.15, 0.2) is 0 Å². The van der Waals surface area contributed by atoms with E-state index in [9.17, 15) is 0 Å². The SMILES string of the molecule is C1=CC(c2ccccc2)=c2nccnc2=1. The third-order valence-electron chi connectivity index (χ3n) is 2.39. The molecule has 1 aliphatic carbocycles. The highest BCUT2D eigenvalue weighted by atomic mass is 14.8. The van der Waals surface area contributed by atoms with Gasteiger partial charge in [0.2, 0.25) is 0 Å². The molecular formula is C13H8N2. The van der Waals surface area contributed by atoms with Gasteiger partial charge in [-0.15, -0.1) is 0 Å². The predicted molar refractivity (Wildman–Crippen MR) is 58.2 cm³/mol. The van der Waals surface area contributed by atoms with Crippen LogP contribution < -0.4 is 10.7 Å². The first-order chi connectivity index (χ1) is 7.45. The van der Waals surface area contributed by atoms with Crippen molar-refractivity contribution in [1.82, 2.24) is 9.97 Å². The van der Waals surface area contributed by atoms with E-state index < -0.39 is 0 Å². The Kier molecular flexibility index (Phi) is 1.74. The molecule has 0 N–H and O–H groups in total. The Morgan fingerprint density at radius 2 is 1.73 bits per heavy atom. The number of allylic oxidation sites excluding steroid dienone is 1. The van der Waals surface area contributed by atoms with Gasteiger partial charge in [-0.25, -0.2) is 4.98 Å². The summed E-state index contributed by atoms with van der Waals surface area (Å²) in [4.78, 5) is 8.53. The number of rotatable bonds is 1. The van der Waals surface area contributed by atoms with Gasteiger partial charge in [0.25, 0.3) is 0 Å². The van der Waals surface area contributed by atoms with Crippen LogP contribution in [0.25, 0.3) is 11.3 Å². The zero-order valence-corrected chi connectivity index (χ0v) is 8.01. The fraction of sp³-hybridized carbons (Fsp3) is 0. The Hall–Kier alpha value is -2.18. The van der Waals surface area contributed by atoms with Gasteiger partial charge in [-0.05, 0) is 11.6 Å². The molecule has 0 spiro atoms. The molecular weight excluding hydrogens is 184 g/mol. The summed E-state index contributed by atoms with van der Waals surface area (Å²) in [7, 11) is 0. The van der Waals surface area contributed by atoms with Crippen LogP contribution in [0.15, 0.2) is 48.8 Å². The van der Waals surface area contributed by atoms with Crippen molar-refractivity contribution in [2.24, 2.45) is 0 Å². The number of nitrogens with zero attached hydrogens (tertiary/aromatic N) is 2. The first kappa shape index (κ1) is 8.16. The molecule has 0 atom stereocenters. The highest BCUT2D eigenvalue weighted by Crippen LogP contribution is 2.11. The molecule has 0 radical (unpaired) electrons. The van der Waals surface area contributed by atoms with Crippen molar-refractivity contribution in [3.8, 4) is 0 Å². The lowest BCUT2D eigenvalue weighted by Crippen LogP contribution is -2.29. The fourth-order valence-corrected chi connectivity index (χ4v) is 1.69. The smallest absolute Gasteiger partial charge is 0.131 e. The molecule has 0 saturated carbocycles. The molecule has 0 bridgehead atoms. The molecule has 3 rings (SSSR count). The van der Waals surface area contributed by atoms with E-state index in [2.05, 4.69) is 27.8 Å². The number of hydrogen-bond donors (Lipinski definition) is 0. The Labute approximate surface area is 86.9 Å². The first-order valence-corrected chi connectivity index (χ1v) is 4.78. The molecule has 0 unspecified atom stereocenters. The third-order valence-corrected chi connectivity index (χ3v) is 2.39. The normalized spacial score (nSPS) is 12.4. The molecule has 2 heteroatoms. The van der Waals surface area contributed by atoms with Crippen LogP contribution in [-0.4, -0.2) is 9.97 Å². The van der Waals surface area contributed by atoms with Crippen LogP contribution in [0.1, 0.15) is 5.56 Å². The summed E-state index contributed by atoms with van der Waals surface area (Å²) in [6.07, 6.45) is 5.34. The second-order valence-corrected chi connectivity index (χ2v) is 3.32. The molecule has 1 heterocycles. The van der Waals surface area contributed by atoms with E-state index in [-0.39, 0.29) is 0 Å². The summed E-state index contributed by atoms with van der Waals surface area (Å²) >= 11 is 0. The maximum atomic E-state index is 4.32. The lowest BCUT2D eigenvalue weighted by molar-refractivity contribution is 1.10. The molecule has 1 aromatic carbocycles. The molecule has 15 heavy (non-hydrogen) atoms. The van der Waals surface area contributed by atoms with E-state index in [1.165, 1.54) is 0 Å². The third kappa shape index (κ3) is 1.28. The van der Waals surface area contributed by atoms with Crippen molar-refractivity contribution in [3.63, 3.8) is 0 Å². The summed E-state index contributed by atoms with van der Waals surface area (Å²) in [6.45, 7) is 0. The fourth-order valence-electron chi connectivity index (χ4n) is 1.69. The largest absolute Gasteiger partial charge is 0.252 e. The van der Waals surface area contributed by atoms with Gasteiger partial charge >= 0.3 is 0 Å². The highest BCUT2D eigenvalue weighted by Gasteiger charge is 2.04. The lowest BCUT2D eigenvalue weighted by atomic mass is 10.1. The quantitative estimate of drug-likeness (QED) is 0.662. The predicted octanol–water partition coefficient (Wildman–Crippen LogP) is 0.625. The maximum absolute atomic E-state index is 4.32. The van der Waals surface area contributed by atoms with Crippen LogP contribution in [0.5, 0.6) is 0 Å². The summed E-state index contributed by atoms with van der Waals surface area (Å²) in [5.74, 6) is 0. The van der Waals surface area contributed by atoms with Crippen molar-refractivity contribution in [2.45, 2.75) is 0 Å². The van der Waals surface area contributed by atoms with Crippen LogP contribution in [0.4, 0.5) is 0 Å². The minimum absolute atomic E-state index is 0.830. The van der Waals surface area contributed by atoms with Crippen molar-refractivity contribution in [3.05, 3.63) is 65.1 Å². The molecule has 2 aromatic rings. The summed E-state index contributed by atoms with van der Waals surface area (Å²) in [5.41, 5.74) is 5.37. The standard InChI is InChI=1S/C13H8N2/c1-2-4-10(5-3-1)11-6-7-12-13(11)15-9-8-14-12/h1-6,8-9H. The Balaban J connectivity index is 2.34. The maximum Gasteiger partial charge on any atom is 0.131 e.